The van der Waals surface area contributed by atoms with E-state index in [1.165, 1.54) is 12.0 Å². The first-order valence-corrected chi connectivity index (χ1v) is 10.5. The van der Waals surface area contributed by atoms with Gasteiger partial charge in [0.25, 0.3) is 0 Å². The molecule has 2 aliphatic heterocycles. The van der Waals surface area contributed by atoms with E-state index in [0.29, 0.717) is 41.6 Å². The number of piperidine rings is 1. The highest BCUT2D eigenvalue weighted by Crippen LogP contribution is 2.37. The lowest BCUT2D eigenvalue weighted by Gasteiger charge is -2.35. The normalized spacial score (nSPS) is 21.1. The molecule has 4 rings (SSSR count). The van der Waals surface area contributed by atoms with Crippen LogP contribution in [0.5, 0.6) is 0 Å². The molecule has 2 aromatic rings. The van der Waals surface area contributed by atoms with Crippen molar-refractivity contribution in [2.45, 2.75) is 38.2 Å². The van der Waals surface area contributed by atoms with Gasteiger partial charge >= 0.3 is 0 Å². The molecule has 5 heteroatoms. The van der Waals surface area contributed by atoms with Gasteiger partial charge in [-0.25, -0.2) is 0 Å². The van der Waals surface area contributed by atoms with E-state index in [-0.39, 0.29) is 5.91 Å². The summed E-state index contributed by atoms with van der Waals surface area (Å²) in [7, 11) is 0. The summed E-state index contributed by atoms with van der Waals surface area (Å²) in [5.74, 6) is 0.590. The number of likely N-dealkylation sites (tertiary alicyclic amines) is 1. The van der Waals surface area contributed by atoms with Crippen LogP contribution in [0.4, 0.5) is 5.69 Å². The van der Waals surface area contributed by atoms with Gasteiger partial charge in [-0.3, -0.25) is 4.79 Å². The van der Waals surface area contributed by atoms with Gasteiger partial charge in [-0.2, -0.15) is 0 Å². The summed E-state index contributed by atoms with van der Waals surface area (Å²) in [6.07, 6.45) is 3.90. The molecule has 0 spiro atoms. The molecule has 1 amide bonds. The number of halogens is 1. The number of anilines is 1. The topological polar surface area (TPSA) is 52.6 Å². The predicted octanol–water partition coefficient (Wildman–Crippen LogP) is 4.21. The summed E-state index contributed by atoms with van der Waals surface area (Å²) in [6, 6.07) is 14.4. The number of nitrogens with zero attached hydrogens (tertiary/aromatic N) is 1. The number of hydrogen-bond acceptors (Lipinski definition) is 3. The number of carbonyl (C=O) groups excluding carboxylic acids is 1. The van der Waals surface area contributed by atoms with Crippen molar-refractivity contribution in [1.82, 2.24) is 4.90 Å². The summed E-state index contributed by atoms with van der Waals surface area (Å²) >= 11 is 6.43. The predicted molar refractivity (Wildman–Crippen MR) is 113 cm³/mol. The SMILES string of the molecule is O=C1CCc2ccc(Cl)c(C(O)CN3CCC[C@H](Cc4ccccc4)C3)c2N1. The minimum absolute atomic E-state index is 0.0101. The number of β-amino-alcohol motifs (C(OH)–C–C–N with tert-alkyl or cyclic N) is 1. The maximum atomic E-state index is 11.9. The summed E-state index contributed by atoms with van der Waals surface area (Å²) in [6.45, 7) is 2.50. The van der Waals surface area contributed by atoms with Gasteiger partial charge in [0, 0.05) is 30.1 Å². The third kappa shape index (κ3) is 4.40. The maximum absolute atomic E-state index is 11.9. The number of aliphatic hydroxyl groups excluding tert-OH is 1. The van der Waals surface area contributed by atoms with E-state index in [0.717, 1.165) is 31.5 Å². The highest BCUT2D eigenvalue weighted by molar-refractivity contribution is 6.32. The zero-order chi connectivity index (χ0) is 19.5. The second-order valence-electron chi connectivity index (χ2n) is 8.02. The van der Waals surface area contributed by atoms with Gasteiger partial charge in [0.15, 0.2) is 0 Å². The largest absolute Gasteiger partial charge is 0.387 e. The van der Waals surface area contributed by atoms with Crippen LogP contribution in [0.2, 0.25) is 5.02 Å². The lowest BCUT2D eigenvalue weighted by molar-refractivity contribution is -0.116. The number of fused-ring (bicyclic) bond motifs is 1. The number of benzene rings is 2. The van der Waals surface area contributed by atoms with Gasteiger partial charge < -0.3 is 15.3 Å². The molecular weight excluding hydrogens is 372 g/mol. The van der Waals surface area contributed by atoms with Crippen LogP contribution < -0.4 is 5.32 Å². The highest BCUT2D eigenvalue weighted by Gasteiger charge is 2.27. The number of amides is 1. The zero-order valence-electron chi connectivity index (χ0n) is 16.0. The molecule has 2 aromatic carbocycles. The molecule has 2 N–H and O–H groups in total. The van der Waals surface area contributed by atoms with Gasteiger partial charge in [-0.15, -0.1) is 0 Å². The number of nitrogens with one attached hydrogen (secondary N) is 1. The number of rotatable bonds is 5. The maximum Gasteiger partial charge on any atom is 0.224 e. The number of aryl methyl sites for hydroxylation is 1. The molecule has 0 bridgehead atoms. The molecule has 28 heavy (non-hydrogen) atoms. The quantitative estimate of drug-likeness (QED) is 0.793. The number of hydrogen-bond donors (Lipinski definition) is 2. The van der Waals surface area contributed by atoms with E-state index in [4.69, 9.17) is 11.6 Å². The van der Waals surface area contributed by atoms with Crippen LogP contribution >= 0.6 is 11.6 Å². The van der Waals surface area contributed by atoms with Crippen LogP contribution in [0, 0.1) is 5.92 Å². The van der Waals surface area contributed by atoms with E-state index in [9.17, 15) is 9.90 Å². The smallest absolute Gasteiger partial charge is 0.224 e. The molecule has 0 aliphatic carbocycles. The van der Waals surface area contributed by atoms with E-state index in [1.54, 1.807) is 0 Å². The minimum Gasteiger partial charge on any atom is -0.387 e. The van der Waals surface area contributed by atoms with Crippen molar-refractivity contribution in [2.24, 2.45) is 5.92 Å². The molecular formula is C23H27ClN2O2. The molecule has 0 radical (unpaired) electrons. The van der Waals surface area contributed by atoms with E-state index >= 15 is 0 Å². The highest BCUT2D eigenvalue weighted by atomic mass is 35.5. The lowest BCUT2D eigenvalue weighted by atomic mass is 9.90. The number of aliphatic hydroxyl groups is 1. The van der Waals surface area contributed by atoms with Crippen molar-refractivity contribution in [1.29, 1.82) is 0 Å². The Morgan fingerprint density at radius 2 is 2.00 bits per heavy atom. The Morgan fingerprint density at radius 1 is 1.18 bits per heavy atom. The fraction of sp³-hybridized carbons (Fsp3) is 0.435. The Kier molecular flexibility index (Phi) is 6.00. The van der Waals surface area contributed by atoms with Gasteiger partial charge in [0.2, 0.25) is 5.91 Å². The lowest BCUT2D eigenvalue weighted by Crippen LogP contribution is -2.39. The van der Waals surface area contributed by atoms with Crippen LogP contribution in [0.15, 0.2) is 42.5 Å². The Bertz CT molecular complexity index is 840. The third-order valence-electron chi connectivity index (χ3n) is 5.90. The first kappa shape index (κ1) is 19.4. The van der Waals surface area contributed by atoms with Crippen LogP contribution in [0.1, 0.15) is 42.1 Å². The van der Waals surface area contributed by atoms with Crippen LogP contribution in [-0.4, -0.2) is 35.5 Å². The first-order valence-electron chi connectivity index (χ1n) is 10.2. The number of carbonyl (C=O) groups is 1. The molecule has 0 aromatic heterocycles. The second kappa shape index (κ2) is 8.64. The van der Waals surface area contributed by atoms with Crippen molar-refractivity contribution >= 4 is 23.2 Å². The Labute approximate surface area is 171 Å². The average molecular weight is 399 g/mol. The molecule has 0 saturated carbocycles. The van der Waals surface area contributed by atoms with Crippen LogP contribution in [0.3, 0.4) is 0 Å². The van der Waals surface area contributed by atoms with Crippen LogP contribution in [0.25, 0.3) is 0 Å². The Balaban J connectivity index is 1.45. The first-order chi connectivity index (χ1) is 13.6. The van der Waals surface area contributed by atoms with Crippen LogP contribution in [-0.2, 0) is 17.6 Å². The summed E-state index contributed by atoms with van der Waals surface area (Å²) in [4.78, 5) is 14.2. The van der Waals surface area contributed by atoms with Gasteiger partial charge in [0.1, 0.15) is 0 Å². The van der Waals surface area contributed by atoms with Gasteiger partial charge in [-0.1, -0.05) is 48.0 Å². The third-order valence-corrected chi connectivity index (χ3v) is 6.23. The molecule has 2 atom stereocenters. The molecule has 1 saturated heterocycles. The monoisotopic (exact) mass is 398 g/mol. The fourth-order valence-electron chi connectivity index (χ4n) is 4.54. The molecule has 2 aliphatic rings. The van der Waals surface area contributed by atoms with E-state index in [1.807, 2.05) is 12.1 Å². The van der Waals surface area contributed by atoms with Crippen molar-refractivity contribution in [2.75, 3.05) is 25.0 Å². The molecule has 1 unspecified atom stereocenters. The second-order valence-corrected chi connectivity index (χ2v) is 8.42. The standard InChI is InChI=1S/C23H27ClN2O2/c24-19-10-8-18-9-11-21(28)25-23(18)22(19)20(27)15-26-12-4-7-17(14-26)13-16-5-2-1-3-6-16/h1-3,5-6,8,10,17,20,27H,4,7,9,11-15H2,(H,25,28)/t17-,20?/m1/s1. The average Bonchev–Trinajstić information content (AvgIpc) is 2.68. The van der Waals surface area contributed by atoms with Crippen molar-refractivity contribution in [3.05, 3.63) is 64.2 Å². The van der Waals surface area contributed by atoms with E-state index in [2.05, 4.69) is 40.5 Å². The van der Waals surface area contributed by atoms with Crippen molar-refractivity contribution in [3.63, 3.8) is 0 Å². The van der Waals surface area contributed by atoms with Gasteiger partial charge in [-0.05, 0) is 55.3 Å². The summed E-state index contributed by atoms with van der Waals surface area (Å²) in [5.41, 5.74) is 3.81. The summed E-state index contributed by atoms with van der Waals surface area (Å²) in [5, 5.41) is 14.4. The molecule has 148 valence electrons. The molecule has 4 nitrogen and oxygen atoms in total. The molecule has 2 heterocycles. The Morgan fingerprint density at radius 3 is 2.82 bits per heavy atom. The minimum atomic E-state index is -0.712. The zero-order valence-corrected chi connectivity index (χ0v) is 16.8. The van der Waals surface area contributed by atoms with Crippen molar-refractivity contribution in [3.8, 4) is 0 Å². The Hall–Kier alpha value is -1.88. The van der Waals surface area contributed by atoms with E-state index < -0.39 is 6.10 Å². The van der Waals surface area contributed by atoms with Crippen molar-refractivity contribution < 1.29 is 9.90 Å². The fourth-order valence-corrected chi connectivity index (χ4v) is 4.82. The summed E-state index contributed by atoms with van der Waals surface area (Å²) < 4.78 is 0. The van der Waals surface area contributed by atoms with Gasteiger partial charge in [0.05, 0.1) is 11.8 Å². The molecule has 1 fully saturated rings.